The van der Waals surface area contributed by atoms with Crippen LogP contribution in [-0.2, 0) is 17.8 Å². The first-order valence-electron chi connectivity index (χ1n) is 7.09. The number of hydrogen-bond donors (Lipinski definition) is 4. The standard InChI is InChI=1S/C12H16N6O5/c19-5-6-4-18(12(22)13-11(6)21)10-3-7(20)8(23-10)1-2-9-14-16-17-15-9/h4,7-8,10,19-20H,1-3,5H2,(H,13,21,22)(H,14,15,16,17)/t7-,8+,10+/m0/s1. The molecule has 11 heteroatoms. The van der Waals surface area contributed by atoms with Gasteiger partial charge in [-0.15, -0.1) is 10.2 Å². The molecule has 0 aliphatic carbocycles. The number of nitrogens with zero attached hydrogens (tertiary/aromatic N) is 4. The summed E-state index contributed by atoms with van der Waals surface area (Å²) >= 11 is 0. The van der Waals surface area contributed by atoms with Crippen molar-refractivity contribution in [2.24, 2.45) is 0 Å². The zero-order valence-corrected chi connectivity index (χ0v) is 12.0. The molecule has 0 radical (unpaired) electrons. The normalized spacial score (nSPS) is 24.2. The van der Waals surface area contributed by atoms with Gasteiger partial charge < -0.3 is 14.9 Å². The minimum atomic E-state index is -0.761. The Kier molecular flexibility index (Phi) is 4.32. The van der Waals surface area contributed by atoms with Gasteiger partial charge in [0.2, 0.25) is 0 Å². The Morgan fingerprint density at radius 1 is 1.43 bits per heavy atom. The molecule has 2 aromatic heterocycles. The molecule has 0 spiro atoms. The second kappa shape index (κ2) is 6.40. The average molecular weight is 324 g/mol. The van der Waals surface area contributed by atoms with Crippen LogP contribution in [0.2, 0.25) is 0 Å². The zero-order chi connectivity index (χ0) is 16.4. The Labute approximate surface area is 128 Å². The van der Waals surface area contributed by atoms with Gasteiger partial charge in [-0.1, -0.05) is 5.21 Å². The molecule has 0 bridgehead atoms. The van der Waals surface area contributed by atoms with E-state index in [9.17, 15) is 14.7 Å². The zero-order valence-electron chi connectivity index (χ0n) is 12.0. The van der Waals surface area contributed by atoms with Crippen LogP contribution in [0.1, 0.15) is 30.5 Å². The lowest BCUT2D eigenvalue weighted by atomic mass is 10.1. The predicted octanol–water partition coefficient (Wildman–Crippen LogP) is -2.18. The molecule has 1 saturated heterocycles. The van der Waals surface area contributed by atoms with Crippen LogP contribution in [0.25, 0.3) is 0 Å². The fourth-order valence-electron chi connectivity index (χ4n) is 2.56. The van der Waals surface area contributed by atoms with Crippen molar-refractivity contribution in [2.45, 2.75) is 44.3 Å². The smallest absolute Gasteiger partial charge is 0.330 e. The quantitative estimate of drug-likeness (QED) is 0.483. The lowest BCUT2D eigenvalue weighted by Gasteiger charge is -2.16. The summed E-state index contributed by atoms with van der Waals surface area (Å²) in [4.78, 5) is 25.5. The number of aliphatic hydroxyl groups is 2. The first kappa shape index (κ1) is 15.5. The van der Waals surface area contributed by atoms with E-state index in [4.69, 9.17) is 9.84 Å². The number of rotatable bonds is 5. The van der Waals surface area contributed by atoms with E-state index in [-0.39, 0.29) is 12.0 Å². The van der Waals surface area contributed by atoms with E-state index >= 15 is 0 Å². The molecule has 0 unspecified atom stereocenters. The number of aliphatic hydroxyl groups excluding tert-OH is 2. The summed E-state index contributed by atoms with van der Waals surface area (Å²) in [5.41, 5.74) is -1.23. The molecule has 4 N–H and O–H groups in total. The maximum absolute atomic E-state index is 11.9. The van der Waals surface area contributed by atoms with Crippen molar-refractivity contribution in [2.75, 3.05) is 0 Å². The lowest BCUT2D eigenvalue weighted by Crippen LogP contribution is -2.34. The largest absolute Gasteiger partial charge is 0.391 e. The predicted molar refractivity (Wildman–Crippen MR) is 74.3 cm³/mol. The summed E-state index contributed by atoms with van der Waals surface area (Å²) in [6.45, 7) is -0.494. The van der Waals surface area contributed by atoms with Crippen LogP contribution in [0.15, 0.2) is 15.8 Å². The molecule has 23 heavy (non-hydrogen) atoms. The van der Waals surface area contributed by atoms with Crippen molar-refractivity contribution in [3.63, 3.8) is 0 Å². The maximum atomic E-state index is 11.9. The molecule has 0 aromatic carbocycles. The molecule has 0 amide bonds. The number of ether oxygens (including phenoxy) is 1. The first-order chi connectivity index (χ1) is 11.1. The Morgan fingerprint density at radius 2 is 2.26 bits per heavy atom. The average Bonchev–Trinajstić information content (AvgIpc) is 3.15. The van der Waals surface area contributed by atoms with Gasteiger partial charge in [0.15, 0.2) is 5.82 Å². The van der Waals surface area contributed by atoms with Gasteiger partial charge in [0.1, 0.15) is 6.23 Å². The van der Waals surface area contributed by atoms with Crippen molar-refractivity contribution in [3.05, 3.63) is 38.4 Å². The van der Waals surface area contributed by atoms with E-state index in [1.807, 2.05) is 0 Å². The third kappa shape index (κ3) is 3.21. The Hall–Kier alpha value is -2.37. The SMILES string of the molecule is O=c1[nH]c(=O)n([C@H]2C[C@H](O)[C@@H](CCc3nn[nH]n3)O2)cc1CO. The van der Waals surface area contributed by atoms with Gasteiger partial charge in [0.25, 0.3) is 5.56 Å². The van der Waals surface area contributed by atoms with Gasteiger partial charge in [-0.3, -0.25) is 14.3 Å². The highest BCUT2D eigenvalue weighted by Gasteiger charge is 2.35. The highest BCUT2D eigenvalue weighted by Crippen LogP contribution is 2.29. The number of aromatic amines is 2. The summed E-state index contributed by atoms with van der Waals surface area (Å²) in [6, 6.07) is 0. The summed E-state index contributed by atoms with van der Waals surface area (Å²) < 4.78 is 6.87. The van der Waals surface area contributed by atoms with E-state index in [0.717, 1.165) is 0 Å². The third-order valence-corrected chi connectivity index (χ3v) is 3.77. The number of H-pyrrole nitrogens is 2. The molecule has 3 heterocycles. The second-order valence-corrected chi connectivity index (χ2v) is 5.28. The van der Waals surface area contributed by atoms with Crippen molar-refractivity contribution in [1.82, 2.24) is 30.2 Å². The van der Waals surface area contributed by atoms with Crippen molar-refractivity contribution < 1.29 is 14.9 Å². The van der Waals surface area contributed by atoms with Crippen molar-refractivity contribution in [1.29, 1.82) is 0 Å². The molecule has 3 atom stereocenters. The maximum Gasteiger partial charge on any atom is 0.330 e. The third-order valence-electron chi connectivity index (χ3n) is 3.77. The van der Waals surface area contributed by atoms with Crippen LogP contribution < -0.4 is 11.2 Å². The van der Waals surface area contributed by atoms with E-state index in [1.54, 1.807) is 0 Å². The molecule has 11 nitrogen and oxygen atoms in total. The Morgan fingerprint density at radius 3 is 2.96 bits per heavy atom. The Balaban J connectivity index is 1.73. The van der Waals surface area contributed by atoms with E-state index in [0.29, 0.717) is 18.7 Å². The van der Waals surface area contributed by atoms with Gasteiger partial charge in [-0.05, 0) is 6.42 Å². The number of aromatic nitrogens is 6. The fraction of sp³-hybridized carbons (Fsp3) is 0.583. The highest BCUT2D eigenvalue weighted by molar-refractivity contribution is 5.03. The van der Waals surface area contributed by atoms with Gasteiger partial charge in [-0.25, -0.2) is 4.79 Å². The number of tetrazole rings is 1. The van der Waals surface area contributed by atoms with Gasteiger partial charge in [0, 0.05) is 19.0 Å². The highest BCUT2D eigenvalue weighted by atomic mass is 16.5. The van der Waals surface area contributed by atoms with Crippen LogP contribution >= 0.6 is 0 Å². The number of aryl methyl sites for hydroxylation is 1. The minimum Gasteiger partial charge on any atom is -0.391 e. The van der Waals surface area contributed by atoms with Crippen LogP contribution in [0.5, 0.6) is 0 Å². The van der Waals surface area contributed by atoms with Crippen molar-refractivity contribution >= 4 is 0 Å². The summed E-state index contributed by atoms with van der Waals surface area (Å²) in [7, 11) is 0. The molecular formula is C12H16N6O5. The van der Waals surface area contributed by atoms with Crippen LogP contribution in [0.4, 0.5) is 0 Å². The molecule has 2 aromatic rings. The molecule has 3 rings (SSSR count). The molecule has 0 saturated carbocycles. The molecule has 1 aliphatic rings. The summed E-state index contributed by atoms with van der Waals surface area (Å²) in [5.74, 6) is 0.507. The topological polar surface area (TPSA) is 159 Å². The van der Waals surface area contributed by atoms with Gasteiger partial charge >= 0.3 is 5.69 Å². The van der Waals surface area contributed by atoms with Gasteiger partial charge in [-0.2, -0.15) is 5.21 Å². The Bertz CT molecular complexity index is 769. The molecule has 124 valence electrons. The molecular weight excluding hydrogens is 308 g/mol. The lowest BCUT2D eigenvalue weighted by molar-refractivity contribution is -0.0243. The number of nitrogens with one attached hydrogen (secondary N) is 2. The first-order valence-corrected chi connectivity index (χ1v) is 7.09. The number of hydrogen-bond acceptors (Lipinski definition) is 8. The second-order valence-electron chi connectivity index (χ2n) is 5.28. The van der Waals surface area contributed by atoms with Gasteiger partial charge in [0.05, 0.1) is 24.4 Å². The monoisotopic (exact) mass is 324 g/mol. The van der Waals surface area contributed by atoms with Crippen LogP contribution in [0, 0.1) is 0 Å². The summed E-state index contributed by atoms with van der Waals surface area (Å²) in [5, 5.41) is 32.6. The van der Waals surface area contributed by atoms with E-state index in [2.05, 4.69) is 25.6 Å². The minimum absolute atomic E-state index is 0.0536. The molecule has 1 aliphatic heterocycles. The van der Waals surface area contributed by atoms with E-state index in [1.165, 1.54) is 10.8 Å². The van der Waals surface area contributed by atoms with Crippen LogP contribution in [-0.4, -0.2) is 52.6 Å². The fourth-order valence-corrected chi connectivity index (χ4v) is 2.56. The molecule has 1 fully saturated rings. The van der Waals surface area contributed by atoms with Crippen LogP contribution in [0.3, 0.4) is 0 Å². The van der Waals surface area contributed by atoms with Crippen molar-refractivity contribution in [3.8, 4) is 0 Å². The van der Waals surface area contributed by atoms with E-state index < -0.39 is 36.3 Å². The summed E-state index contributed by atoms with van der Waals surface area (Å²) in [6.07, 6.45) is 0.414.